The highest BCUT2D eigenvalue weighted by atomic mass is 35.5. The molecule has 0 unspecified atom stereocenters. The van der Waals surface area contributed by atoms with Gasteiger partial charge < -0.3 is 5.32 Å². The number of carbonyl (C=O) groups is 1. The van der Waals surface area contributed by atoms with E-state index < -0.39 is 5.91 Å². The number of rotatable bonds is 2. The van der Waals surface area contributed by atoms with Gasteiger partial charge in [0.1, 0.15) is 0 Å². The minimum absolute atomic E-state index is 0.0888. The van der Waals surface area contributed by atoms with Crippen molar-refractivity contribution in [3.8, 4) is 0 Å². The van der Waals surface area contributed by atoms with E-state index in [1.165, 1.54) is 12.4 Å². The maximum Gasteiger partial charge on any atom is 0.293 e. The highest BCUT2D eigenvalue weighted by molar-refractivity contribution is 6.38. The van der Waals surface area contributed by atoms with Crippen LogP contribution >= 0.6 is 11.6 Å². The van der Waals surface area contributed by atoms with Crippen molar-refractivity contribution in [3.63, 3.8) is 0 Å². The molecule has 3 rings (SSSR count). The van der Waals surface area contributed by atoms with Gasteiger partial charge in [-0.05, 0) is 18.2 Å². The molecule has 2 N–H and O–H groups in total. The number of aromatic nitrogens is 4. The van der Waals surface area contributed by atoms with E-state index in [0.717, 1.165) is 10.9 Å². The second-order valence-electron chi connectivity index (χ2n) is 3.78. The first-order valence-corrected chi connectivity index (χ1v) is 5.83. The van der Waals surface area contributed by atoms with Crippen LogP contribution in [0.25, 0.3) is 10.9 Å². The highest BCUT2D eigenvalue weighted by Gasteiger charge is 2.12. The molecule has 0 aliphatic heterocycles. The number of H-pyrrole nitrogens is 1. The van der Waals surface area contributed by atoms with Crippen LogP contribution in [0.4, 0.5) is 5.69 Å². The van der Waals surface area contributed by atoms with Crippen molar-refractivity contribution >= 4 is 34.1 Å². The van der Waals surface area contributed by atoms with Crippen molar-refractivity contribution in [1.29, 1.82) is 0 Å². The van der Waals surface area contributed by atoms with Crippen LogP contribution in [-0.4, -0.2) is 26.1 Å². The number of anilines is 1. The van der Waals surface area contributed by atoms with E-state index in [0.29, 0.717) is 10.7 Å². The molecule has 2 heterocycles. The lowest BCUT2D eigenvalue weighted by molar-refractivity contribution is 0.101. The average Bonchev–Trinajstić information content (AvgIpc) is 2.92. The van der Waals surface area contributed by atoms with Crippen LogP contribution in [-0.2, 0) is 0 Å². The lowest BCUT2D eigenvalue weighted by Crippen LogP contribution is -2.15. The van der Waals surface area contributed by atoms with Gasteiger partial charge in [0.25, 0.3) is 5.91 Å². The van der Waals surface area contributed by atoms with Gasteiger partial charge >= 0.3 is 0 Å². The molecule has 0 aliphatic carbocycles. The van der Waals surface area contributed by atoms with Crippen molar-refractivity contribution in [2.75, 3.05) is 5.32 Å². The van der Waals surface area contributed by atoms with Gasteiger partial charge in [0.15, 0.2) is 0 Å². The van der Waals surface area contributed by atoms with Crippen LogP contribution < -0.4 is 5.32 Å². The first-order chi connectivity index (χ1) is 9.25. The number of nitrogens with one attached hydrogen (secondary N) is 2. The number of aromatic amines is 1. The predicted molar refractivity (Wildman–Crippen MR) is 71.1 cm³/mol. The Morgan fingerprint density at radius 3 is 2.84 bits per heavy atom. The van der Waals surface area contributed by atoms with Crippen molar-refractivity contribution in [1.82, 2.24) is 20.2 Å². The van der Waals surface area contributed by atoms with Crippen molar-refractivity contribution in [2.45, 2.75) is 0 Å². The molecule has 2 aromatic heterocycles. The van der Waals surface area contributed by atoms with Crippen LogP contribution in [0.15, 0.2) is 36.8 Å². The van der Waals surface area contributed by atoms with Crippen molar-refractivity contribution in [3.05, 3.63) is 47.6 Å². The van der Waals surface area contributed by atoms with Gasteiger partial charge in [-0.2, -0.15) is 5.10 Å². The molecule has 0 atom stereocenters. The van der Waals surface area contributed by atoms with Gasteiger partial charge in [0.2, 0.25) is 5.82 Å². The number of hydrogen-bond donors (Lipinski definition) is 2. The topological polar surface area (TPSA) is 83.6 Å². The zero-order valence-electron chi connectivity index (χ0n) is 9.59. The normalized spacial score (nSPS) is 10.6. The molecule has 1 amide bonds. The van der Waals surface area contributed by atoms with Crippen LogP contribution in [0.2, 0.25) is 5.02 Å². The third kappa shape index (κ3) is 2.13. The summed E-state index contributed by atoms with van der Waals surface area (Å²) in [6.07, 6.45) is 4.61. The Bertz CT molecular complexity index is 740. The predicted octanol–water partition coefficient (Wildman–Crippen LogP) is 2.26. The minimum atomic E-state index is -0.412. The van der Waals surface area contributed by atoms with Gasteiger partial charge in [-0.15, -0.1) is 0 Å². The maximum absolute atomic E-state index is 11.9. The summed E-state index contributed by atoms with van der Waals surface area (Å²) >= 11 is 6.20. The second-order valence-corrected chi connectivity index (χ2v) is 4.16. The first kappa shape index (κ1) is 11.6. The van der Waals surface area contributed by atoms with E-state index in [9.17, 15) is 4.79 Å². The molecule has 0 fully saturated rings. The number of amides is 1. The zero-order chi connectivity index (χ0) is 13.2. The number of hydrogen-bond acceptors (Lipinski definition) is 4. The Morgan fingerprint density at radius 2 is 2.05 bits per heavy atom. The fraction of sp³-hybridized carbons (Fsp3) is 0. The van der Waals surface area contributed by atoms with Gasteiger partial charge in [0, 0.05) is 17.8 Å². The Hall–Kier alpha value is -2.47. The molecule has 0 saturated heterocycles. The molecule has 1 aromatic carbocycles. The van der Waals surface area contributed by atoms with Crippen LogP contribution in [0.3, 0.4) is 0 Å². The van der Waals surface area contributed by atoms with E-state index in [2.05, 4.69) is 25.5 Å². The largest absolute Gasteiger partial charge is 0.318 e. The van der Waals surface area contributed by atoms with Crippen LogP contribution in [0, 0.1) is 0 Å². The molecule has 0 bridgehead atoms. The molecule has 19 heavy (non-hydrogen) atoms. The molecule has 94 valence electrons. The third-order valence-corrected chi connectivity index (χ3v) is 2.98. The molecule has 3 aromatic rings. The lowest BCUT2D eigenvalue weighted by Gasteiger charge is -2.06. The zero-order valence-corrected chi connectivity index (χ0v) is 10.3. The third-order valence-electron chi connectivity index (χ3n) is 2.58. The summed E-state index contributed by atoms with van der Waals surface area (Å²) < 4.78 is 0. The van der Waals surface area contributed by atoms with Crippen LogP contribution in [0.5, 0.6) is 0 Å². The number of carbonyl (C=O) groups excluding carboxylic acids is 1. The molecule has 0 spiro atoms. The lowest BCUT2D eigenvalue weighted by atomic mass is 10.2. The fourth-order valence-corrected chi connectivity index (χ4v) is 1.93. The average molecular weight is 274 g/mol. The number of fused-ring (bicyclic) bond motifs is 1. The van der Waals surface area contributed by atoms with E-state index in [4.69, 9.17) is 11.6 Å². The van der Waals surface area contributed by atoms with Gasteiger partial charge in [0.05, 0.1) is 22.4 Å². The van der Waals surface area contributed by atoms with E-state index in [-0.39, 0.29) is 5.82 Å². The summed E-state index contributed by atoms with van der Waals surface area (Å²) in [4.78, 5) is 19.7. The Kier molecular flexibility index (Phi) is 2.85. The van der Waals surface area contributed by atoms with Crippen molar-refractivity contribution < 1.29 is 4.79 Å². The number of halogens is 1. The van der Waals surface area contributed by atoms with Gasteiger partial charge in [-0.1, -0.05) is 11.6 Å². The maximum atomic E-state index is 11.9. The number of nitrogens with zero attached hydrogens (tertiary/aromatic N) is 3. The molecular formula is C12H8ClN5O. The molecule has 0 aliphatic rings. The quantitative estimate of drug-likeness (QED) is 0.750. The van der Waals surface area contributed by atoms with Crippen LogP contribution in [0.1, 0.15) is 10.6 Å². The molecule has 6 nitrogen and oxygen atoms in total. The smallest absolute Gasteiger partial charge is 0.293 e. The summed E-state index contributed by atoms with van der Waals surface area (Å²) in [6, 6.07) is 5.13. The van der Waals surface area contributed by atoms with Gasteiger partial charge in [-0.25, -0.2) is 9.97 Å². The SMILES string of the molecule is O=C(Nc1ccc2[nH]ncc2c1Cl)c1ncccn1. The van der Waals surface area contributed by atoms with E-state index >= 15 is 0 Å². The Morgan fingerprint density at radius 1 is 1.26 bits per heavy atom. The number of benzene rings is 1. The van der Waals surface area contributed by atoms with Crippen molar-refractivity contribution in [2.24, 2.45) is 0 Å². The summed E-state index contributed by atoms with van der Waals surface area (Å²) in [7, 11) is 0. The molecule has 0 radical (unpaired) electrons. The molecule has 7 heteroatoms. The standard InChI is InChI=1S/C12H8ClN5O/c13-10-7-6-16-18-8(7)2-3-9(10)17-12(19)11-14-4-1-5-15-11/h1-6H,(H,16,18)(H,17,19). The summed E-state index contributed by atoms with van der Waals surface area (Å²) in [5.74, 6) is -0.323. The molecule has 0 saturated carbocycles. The first-order valence-electron chi connectivity index (χ1n) is 5.45. The Labute approximate surface area is 112 Å². The Balaban J connectivity index is 1.93. The minimum Gasteiger partial charge on any atom is -0.318 e. The summed E-state index contributed by atoms with van der Waals surface area (Å²) in [5.41, 5.74) is 1.30. The summed E-state index contributed by atoms with van der Waals surface area (Å²) in [6.45, 7) is 0. The highest BCUT2D eigenvalue weighted by Crippen LogP contribution is 2.29. The van der Waals surface area contributed by atoms with E-state index in [1.54, 1.807) is 24.4 Å². The van der Waals surface area contributed by atoms with Gasteiger partial charge in [-0.3, -0.25) is 9.89 Å². The second kappa shape index (κ2) is 4.66. The van der Waals surface area contributed by atoms with E-state index in [1.807, 2.05) is 0 Å². The monoisotopic (exact) mass is 273 g/mol. The fourth-order valence-electron chi connectivity index (χ4n) is 1.67. The summed E-state index contributed by atoms with van der Waals surface area (Å²) in [5, 5.41) is 10.5. The molecular weight excluding hydrogens is 266 g/mol.